The quantitative estimate of drug-likeness (QED) is 0.624. The molecular formula is C21H22FN7O2. The molecule has 10 heteroatoms. The van der Waals surface area contributed by atoms with Crippen molar-refractivity contribution in [2.45, 2.75) is 25.9 Å². The number of rotatable bonds is 6. The third kappa shape index (κ3) is 4.57. The molecule has 0 bridgehead atoms. The standard InChI is InChI=1S/C21H22FN7O2/c1-13-8-17(27-31-13)10-28-7-6-14(9-23)19(12-28)29-11-18(20(24)30)21(26-29)25-16-4-2-15(22)3-5-16/h2-5,8,11,14,19H,6-7,10,12H2,1H3,(H2,24,30)(H,25,26). The molecule has 160 valence electrons. The Morgan fingerprint density at radius 2 is 2.19 bits per heavy atom. The van der Waals surface area contributed by atoms with Gasteiger partial charge in [-0.3, -0.25) is 14.4 Å². The van der Waals surface area contributed by atoms with Crippen LogP contribution in [-0.2, 0) is 6.54 Å². The number of aryl methyl sites for hydroxylation is 1. The monoisotopic (exact) mass is 423 g/mol. The van der Waals surface area contributed by atoms with Crippen LogP contribution in [-0.4, -0.2) is 38.8 Å². The highest BCUT2D eigenvalue weighted by Crippen LogP contribution is 2.30. The lowest BCUT2D eigenvalue weighted by molar-refractivity contribution is 0.1000. The molecule has 1 fully saturated rings. The van der Waals surface area contributed by atoms with Crippen molar-refractivity contribution < 1.29 is 13.7 Å². The smallest absolute Gasteiger partial charge is 0.254 e. The summed E-state index contributed by atoms with van der Waals surface area (Å²) in [6, 6.07) is 9.66. The van der Waals surface area contributed by atoms with Crippen LogP contribution in [0.5, 0.6) is 0 Å². The molecule has 0 radical (unpaired) electrons. The number of nitriles is 1. The first kappa shape index (κ1) is 20.6. The topological polar surface area (TPSA) is 126 Å². The Balaban J connectivity index is 1.58. The molecule has 1 aromatic carbocycles. The zero-order valence-electron chi connectivity index (χ0n) is 17.0. The van der Waals surface area contributed by atoms with E-state index in [1.54, 1.807) is 23.0 Å². The summed E-state index contributed by atoms with van der Waals surface area (Å²) in [6.07, 6.45) is 2.22. The van der Waals surface area contributed by atoms with Gasteiger partial charge in [0.15, 0.2) is 5.82 Å². The Morgan fingerprint density at radius 1 is 1.42 bits per heavy atom. The van der Waals surface area contributed by atoms with Crippen LogP contribution >= 0.6 is 0 Å². The number of aromatic nitrogens is 3. The van der Waals surface area contributed by atoms with E-state index >= 15 is 0 Å². The van der Waals surface area contributed by atoms with Crippen molar-refractivity contribution in [3.63, 3.8) is 0 Å². The van der Waals surface area contributed by atoms with E-state index in [0.29, 0.717) is 25.2 Å². The van der Waals surface area contributed by atoms with Crippen molar-refractivity contribution in [2.75, 3.05) is 18.4 Å². The predicted molar refractivity (Wildman–Crippen MR) is 110 cm³/mol. The minimum Gasteiger partial charge on any atom is -0.365 e. The average molecular weight is 423 g/mol. The van der Waals surface area contributed by atoms with Gasteiger partial charge in [0.2, 0.25) is 0 Å². The van der Waals surface area contributed by atoms with Crippen molar-refractivity contribution in [3.05, 3.63) is 59.4 Å². The lowest BCUT2D eigenvalue weighted by Gasteiger charge is -2.35. The molecule has 1 aliphatic rings. The molecule has 1 saturated heterocycles. The molecule has 4 rings (SSSR count). The lowest BCUT2D eigenvalue weighted by Crippen LogP contribution is -2.41. The molecule has 3 aromatic rings. The largest absolute Gasteiger partial charge is 0.365 e. The maximum atomic E-state index is 13.2. The summed E-state index contributed by atoms with van der Waals surface area (Å²) in [5.74, 6) is -0.273. The van der Waals surface area contributed by atoms with Gasteiger partial charge in [-0.2, -0.15) is 10.4 Å². The second kappa shape index (κ2) is 8.57. The highest BCUT2D eigenvalue weighted by Gasteiger charge is 2.32. The van der Waals surface area contributed by atoms with Gasteiger partial charge in [0.25, 0.3) is 5.91 Å². The first-order chi connectivity index (χ1) is 14.9. The highest BCUT2D eigenvalue weighted by molar-refractivity contribution is 5.98. The molecule has 3 N–H and O–H groups in total. The molecule has 2 aromatic heterocycles. The number of primary amides is 1. The Labute approximate surface area is 178 Å². The number of anilines is 2. The fourth-order valence-corrected chi connectivity index (χ4v) is 3.79. The number of halogens is 1. The van der Waals surface area contributed by atoms with Crippen LogP contribution in [0, 0.1) is 30.0 Å². The molecular weight excluding hydrogens is 401 g/mol. The summed E-state index contributed by atoms with van der Waals surface area (Å²) in [5, 5.41) is 21.2. The second-order valence-corrected chi connectivity index (χ2v) is 7.62. The van der Waals surface area contributed by atoms with Crippen LogP contribution in [0.3, 0.4) is 0 Å². The zero-order valence-corrected chi connectivity index (χ0v) is 17.0. The van der Waals surface area contributed by atoms with Gasteiger partial charge in [0.1, 0.15) is 17.1 Å². The number of nitrogens with two attached hydrogens (primary N) is 1. The van der Waals surface area contributed by atoms with Gasteiger partial charge in [-0.15, -0.1) is 0 Å². The maximum absolute atomic E-state index is 13.2. The number of carbonyl (C=O) groups excluding carboxylic acids is 1. The third-order valence-corrected chi connectivity index (χ3v) is 5.34. The number of nitrogens with zero attached hydrogens (tertiary/aromatic N) is 5. The number of nitrogens with one attached hydrogen (secondary N) is 1. The molecule has 0 spiro atoms. The number of piperidine rings is 1. The van der Waals surface area contributed by atoms with E-state index in [0.717, 1.165) is 18.0 Å². The van der Waals surface area contributed by atoms with Gasteiger partial charge < -0.3 is 15.6 Å². The molecule has 2 unspecified atom stereocenters. The summed E-state index contributed by atoms with van der Waals surface area (Å²) in [6.45, 7) is 3.73. The number of likely N-dealkylation sites (tertiary alicyclic amines) is 1. The normalized spacial score (nSPS) is 19.1. The van der Waals surface area contributed by atoms with Crippen molar-refractivity contribution in [1.82, 2.24) is 19.8 Å². The summed E-state index contributed by atoms with van der Waals surface area (Å²) < 4.78 is 20.0. The summed E-state index contributed by atoms with van der Waals surface area (Å²) in [7, 11) is 0. The molecule has 1 amide bonds. The Bertz CT molecular complexity index is 1120. The van der Waals surface area contributed by atoms with Gasteiger partial charge >= 0.3 is 0 Å². The SMILES string of the molecule is Cc1cc(CN2CCC(C#N)C(n3cc(C(N)=O)c(Nc4ccc(F)cc4)n3)C2)no1. The number of hydrogen-bond acceptors (Lipinski definition) is 7. The van der Waals surface area contributed by atoms with E-state index in [1.165, 1.54) is 12.1 Å². The van der Waals surface area contributed by atoms with E-state index in [1.807, 2.05) is 13.0 Å². The molecule has 1 aliphatic heterocycles. The van der Waals surface area contributed by atoms with Gasteiger partial charge in [-0.1, -0.05) is 5.16 Å². The lowest BCUT2D eigenvalue weighted by atomic mass is 9.93. The van der Waals surface area contributed by atoms with Crippen LogP contribution in [0.4, 0.5) is 15.9 Å². The summed E-state index contributed by atoms with van der Waals surface area (Å²) >= 11 is 0. The number of hydrogen-bond donors (Lipinski definition) is 2. The van der Waals surface area contributed by atoms with Gasteiger partial charge in [-0.25, -0.2) is 4.39 Å². The van der Waals surface area contributed by atoms with Crippen molar-refractivity contribution in [3.8, 4) is 6.07 Å². The van der Waals surface area contributed by atoms with Crippen LogP contribution in [0.15, 0.2) is 41.1 Å². The molecule has 31 heavy (non-hydrogen) atoms. The number of benzene rings is 1. The van der Waals surface area contributed by atoms with E-state index in [9.17, 15) is 14.4 Å². The minimum absolute atomic E-state index is 0.199. The molecule has 0 saturated carbocycles. The van der Waals surface area contributed by atoms with Crippen LogP contribution in [0.25, 0.3) is 0 Å². The fraction of sp³-hybridized carbons (Fsp3) is 0.333. The third-order valence-electron chi connectivity index (χ3n) is 5.34. The van der Waals surface area contributed by atoms with Crippen molar-refractivity contribution >= 4 is 17.4 Å². The molecule has 0 aliphatic carbocycles. The zero-order chi connectivity index (χ0) is 22.0. The average Bonchev–Trinajstić information content (AvgIpc) is 3.36. The maximum Gasteiger partial charge on any atom is 0.254 e. The van der Waals surface area contributed by atoms with Gasteiger partial charge in [0, 0.05) is 31.0 Å². The van der Waals surface area contributed by atoms with E-state index < -0.39 is 5.91 Å². The van der Waals surface area contributed by atoms with E-state index in [-0.39, 0.29) is 29.2 Å². The summed E-state index contributed by atoms with van der Waals surface area (Å²) in [5.41, 5.74) is 7.14. The Kier molecular flexibility index (Phi) is 5.68. The van der Waals surface area contributed by atoms with Crippen molar-refractivity contribution in [1.29, 1.82) is 5.26 Å². The first-order valence-electron chi connectivity index (χ1n) is 9.88. The number of amides is 1. The molecule has 9 nitrogen and oxygen atoms in total. The van der Waals surface area contributed by atoms with Gasteiger partial charge in [-0.05, 0) is 44.2 Å². The first-order valence-corrected chi connectivity index (χ1v) is 9.88. The fourth-order valence-electron chi connectivity index (χ4n) is 3.79. The minimum atomic E-state index is -0.643. The van der Waals surface area contributed by atoms with Gasteiger partial charge in [0.05, 0.1) is 23.7 Å². The van der Waals surface area contributed by atoms with Crippen LogP contribution in [0.1, 0.15) is 34.3 Å². The van der Waals surface area contributed by atoms with Crippen molar-refractivity contribution in [2.24, 2.45) is 11.7 Å². The molecule has 2 atom stereocenters. The van der Waals surface area contributed by atoms with Crippen LogP contribution < -0.4 is 11.1 Å². The summed E-state index contributed by atoms with van der Waals surface area (Å²) in [4.78, 5) is 14.2. The van der Waals surface area contributed by atoms with E-state index in [4.69, 9.17) is 10.3 Å². The highest BCUT2D eigenvalue weighted by atomic mass is 19.1. The Hall–Kier alpha value is -3.71. The predicted octanol–water partition coefficient (Wildman–Crippen LogP) is 2.75. The molecule has 3 heterocycles. The number of carbonyl (C=O) groups is 1. The second-order valence-electron chi connectivity index (χ2n) is 7.62. The van der Waals surface area contributed by atoms with E-state index in [2.05, 4.69) is 26.5 Å². The van der Waals surface area contributed by atoms with Crippen LogP contribution in [0.2, 0.25) is 0 Å². The Morgan fingerprint density at radius 3 is 2.84 bits per heavy atom.